The number of benzene rings is 3. The number of rotatable bonds is 7. The zero-order valence-corrected chi connectivity index (χ0v) is 17.2. The Labute approximate surface area is 181 Å². The summed E-state index contributed by atoms with van der Waals surface area (Å²) in [5.74, 6) is 0.220. The fraction of sp³-hybridized carbons (Fsp3) is 0.160. The molecule has 0 unspecified atom stereocenters. The number of nitrogens with zero attached hydrogens (tertiary/aromatic N) is 2. The lowest BCUT2D eigenvalue weighted by Crippen LogP contribution is -2.43. The number of hydrazone groups is 1. The van der Waals surface area contributed by atoms with E-state index in [4.69, 9.17) is 4.74 Å². The van der Waals surface area contributed by atoms with E-state index in [1.54, 1.807) is 0 Å². The molecule has 156 valence electrons. The Hall–Kier alpha value is -3.93. The molecule has 0 aliphatic carbocycles. The molecule has 6 heteroatoms. The van der Waals surface area contributed by atoms with Crippen molar-refractivity contribution in [3.05, 3.63) is 102 Å². The SMILES string of the molecule is CC[C@]1(c2ccccc2)NC(=O)N(/N=C\c2ccccc2OCc2ccccc2)C1=O. The number of ether oxygens (including phenoxy) is 1. The first-order valence-electron chi connectivity index (χ1n) is 10.2. The number of hydrogen-bond acceptors (Lipinski definition) is 4. The average Bonchev–Trinajstić information content (AvgIpc) is 3.08. The summed E-state index contributed by atoms with van der Waals surface area (Å²) in [5, 5.41) is 7.92. The van der Waals surface area contributed by atoms with Crippen LogP contribution < -0.4 is 10.1 Å². The normalized spacial score (nSPS) is 18.4. The van der Waals surface area contributed by atoms with Crippen molar-refractivity contribution in [3.63, 3.8) is 0 Å². The van der Waals surface area contributed by atoms with Gasteiger partial charge in [0.15, 0.2) is 0 Å². The van der Waals surface area contributed by atoms with Crippen LogP contribution in [0.1, 0.15) is 30.0 Å². The smallest absolute Gasteiger partial charge is 0.346 e. The van der Waals surface area contributed by atoms with Gasteiger partial charge in [-0.25, -0.2) is 4.79 Å². The molecule has 6 nitrogen and oxygen atoms in total. The molecular weight excluding hydrogens is 390 g/mol. The fourth-order valence-electron chi connectivity index (χ4n) is 3.60. The standard InChI is InChI=1S/C25H23N3O3/c1-2-25(21-14-7-4-8-15-21)23(29)28(24(30)27-25)26-17-20-13-9-10-16-22(20)31-18-19-11-5-3-6-12-19/h3-17H,2,18H2,1H3,(H,27,30)/b26-17-/t25-/m1/s1. The second-order valence-corrected chi connectivity index (χ2v) is 7.23. The Morgan fingerprint density at radius 2 is 1.58 bits per heavy atom. The number of urea groups is 1. The van der Waals surface area contributed by atoms with Gasteiger partial charge in [0, 0.05) is 5.56 Å². The molecule has 0 radical (unpaired) electrons. The van der Waals surface area contributed by atoms with Crippen molar-refractivity contribution in [3.8, 4) is 5.75 Å². The maximum Gasteiger partial charge on any atom is 0.346 e. The van der Waals surface area contributed by atoms with E-state index in [2.05, 4.69) is 10.4 Å². The van der Waals surface area contributed by atoms with Crippen molar-refractivity contribution in [2.45, 2.75) is 25.5 Å². The largest absolute Gasteiger partial charge is 0.488 e. The summed E-state index contributed by atoms with van der Waals surface area (Å²) >= 11 is 0. The second-order valence-electron chi connectivity index (χ2n) is 7.23. The topological polar surface area (TPSA) is 71.0 Å². The van der Waals surface area contributed by atoms with Crippen LogP contribution in [-0.4, -0.2) is 23.2 Å². The van der Waals surface area contributed by atoms with Crippen molar-refractivity contribution < 1.29 is 14.3 Å². The Kier molecular flexibility index (Phi) is 5.80. The number of carbonyl (C=O) groups excluding carboxylic acids is 2. The monoisotopic (exact) mass is 413 g/mol. The maximum atomic E-state index is 13.2. The molecule has 0 spiro atoms. The van der Waals surface area contributed by atoms with Crippen LogP contribution in [0.3, 0.4) is 0 Å². The number of nitrogens with one attached hydrogen (secondary N) is 1. The van der Waals surface area contributed by atoms with Gasteiger partial charge in [-0.1, -0.05) is 79.7 Å². The second kappa shape index (κ2) is 8.83. The van der Waals surface area contributed by atoms with Crippen molar-refractivity contribution in [2.24, 2.45) is 5.10 Å². The van der Waals surface area contributed by atoms with Crippen molar-refractivity contribution in [1.29, 1.82) is 0 Å². The lowest BCUT2D eigenvalue weighted by atomic mass is 9.87. The Balaban J connectivity index is 1.55. The van der Waals surface area contributed by atoms with Crippen molar-refractivity contribution in [2.75, 3.05) is 0 Å². The van der Waals surface area contributed by atoms with E-state index in [0.29, 0.717) is 24.3 Å². The number of carbonyl (C=O) groups is 2. The highest BCUT2D eigenvalue weighted by Crippen LogP contribution is 2.32. The molecule has 4 rings (SSSR count). The highest BCUT2D eigenvalue weighted by molar-refractivity contribution is 6.07. The minimum absolute atomic E-state index is 0.398. The van der Waals surface area contributed by atoms with E-state index in [9.17, 15) is 9.59 Å². The number of imide groups is 1. The highest BCUT2D eigenvalue weighted by atomic mass is 16.5. The molecular formula is C25H23N3O3. The zero-order valence-electron chi connectivity index (χ0n) is 17.2. The molecule has 1 aliphatic rings. The van der Waals surface area contributed by atoms with Gasteiger partial charge in [0.05, 0.1) is 6.21 Å². The molecule has 0 bridgehead atoms. The van der Waals surface area contributed by atoms with Crippen LogP contribution >= 0.6 is 0 Å². The third-order valence-electron chi connectivity index (χ3n) is 5.34. The quantitative estimate of drug-likeness (QED) is 0.459. The van der Waals surface area contributed by atoms with Gasteiger partial charge in [-0.15, -0.1) is 5.01 Å². The molecule has 3 aromatic carbocycles. The van der Waals surface area contributed by atoms with Gasteiger partial charge in [0.2, 0.25) is 0 Å². The Morgan fingerprint density at radius 1 is 0.935 bits per heavy atom. The van der Waals surface area contributed by atoms with E-state index >= 15 is 0 Å². The first kappa shape index (κ1) is 20.3. The zero-order chi connectivity index (χ0) is 21.7. The average molecular weight is 413 g/mol. The van der Waals surface area contributed by atoms with Gasteiger partial charge < -0.3 is 10.1 Å². The number of amides is 3. The van der Waals surface area contributed by atoms with Gasteiger partial charge >= 0.3 is 6.03 Å². The maximum absolute atomic E-state index is 13.2. The summed E-state index contributed by atoms with van der Waals surface area (Å²) in [5.41, 5.74) is 1.34. The lowest BCUT2D eigenvalue weighted by molar-refractivity contribution is -0.131. The molecule has 3 aromatic rings. The highest BCUT2D eigenvalue weighted by Gasteiger charge is 2.51. The molecule has 0 saturated carbocycles. The van der Waals surface area contributed by atoms with Gasteiger partial charge in [-0.2, -0.15) is 5.10 Å². The van der Waals surface area contributed by atoms with E-state index in [0.717, 1.165) is 16.1 Å². The minimum atomic E-state index is -1.11. The first-order chi connectivity index (χ1) is 15.1. The third-order valence-corrected chi connectivity index (χ3v) is 5.34. The summed E-state index contributed by atoms with van der Waals surface area (Å²) in [4.78, 5) is 25.8. The third kappa shape index (κ3) is 4.05. The van der Waals surface area contributed by atoms with Crippen LogP contribution in [0.25, 0.3) is 0 Å². The molecule has 0 aromatic heterocycles. The summed E-state index contributed by atoms with van der Waals surface area (Å²) < 4.78 is 5.93. The van der Waals surface area contributed by atoms with E-state index in [1.807, 2.05) is 91.9 Å². The summed E-state index contributed by atoms with van der Waals surface area (Å²) in [6.45, 7) is 2.27. The summed E-state index contributed by atoms with van der Waals surface area (Å²) in [7, 11) is 0. The molecule has 1 atom stereocenters. The van der Waals surface area contributed by atoms with Crippen molar-refractivity contribution >= 4 is 18.2 Å². The van der Waals surface area contributed by atoms with Gasteiger partial charge in [-0.3, -0.25) is 4.79 Å². The van der Waals surface area contributed by atoms with E-state index in [-0.39, 0.29) is 0 Å². The summed E-state index contributed by atoms with van der Waals surface area (Å²) in [6.07, 6.45) is 1.90. The van der Waals surface area contributed by atoms with Crippen LogP contribution in [0.2, 0.25) is 0 Å². The molecule has 31 heavy (non-hydrogen) atoms. The number of para-hydroxylation sites is 1. The predicted molar refractivity (Wildman–Crippen MR) is 119 cm³/mol. The van der Waals surface area contributed by atoms with Crippen LogP contribution in [-0.2, 0) is 16.9 Å². The molecule has 3 amide bonds. The van der Waals surface area contributed by atoms with Gasteiger partial charge in [-0.05, 0) is 29.7 Å². The van der Waals surface area contributed by atoms with Crippen molar-refractivity contribution in [1.82, 2.24) is 10.3 Å². The predicted octanol–water partition coefficient (Wildman–Crippen LogP) is 4.46. The molecule has 1 heterocycles. The first-order valence-corrected chi connectivity index (χ1v) is 10.2. The van der Waals surface area contributed by atoms with Crippen LogP contribution in [0.5, 0.6) is 5.75 Å². The molecule has 1 aliphatic heterocycles. The molecule has 1 N–H and O–H groups in total. The van der Waals surface area contributed by atoms with Gasteiger partial charge in [0.25, 0.3) is 5.91 Å². The summed E-state index contributed by atoms with van der Waals surface area (Å²) in [6, 6.07) is 25.9. The fourth-order valence-corrected chi connectivity index (χ4v) is 3.60. The lowest BCUT2D eigenvalue weighted by Gasteiger charge is -2.24. The van der Waals surface area contributed by atoms with Crippen LogP contribution in [0.4, 0.5) is 4.79 Å². The molecule has 1 saturated heterocycles. The molecule has 1 fully saturated rings. The van der Waals surface area contributed by atoms with E-state index < -0.39 is 17.5 Å². The Morgan fingerprint density at radius 3 is 2.29 bits per heavy atom. The van der Waals surface area contributed by atoms with E-state index in [1.165, 1.54) is 6.21 Å². The number of hydrogen-bond donors (Lipinski definition) is 1. The van der Waals surface area contributed by atoms with Crippen LogP contribution in [0, 0.1) is 0 Å². The van der Waals surface area contributed by atoms with Crippen LogP contribution in [0.15, 0.2) is 90.0 Å². The van der Waals surface area contributed by atoms with Gasteiger partial charge in [0.1, 0.15) is 17.9 Å². The Bertz CT molecular complexity index is 1100. The minimum Gasteiger partial charge on any atom is -0.488 e.